The molecule has 3 rings (SSSR count). The van der Waals surface area contributed by atoms with Crippen LogP contribution in [0.4, 0.5) is 0 Å². The molecule has 0 bridgehead atoms. The number of carbonyl (C=O) groups is 1. The number of rotatable bonds is 2. The fourth-order valence-electron chi connectivity index (χ4n) is 5.35. The smallest absolute Gasteiger partial charge is 0.311 e. The van der Waals surface area contributed by atoms with E-state index >= 15 is 0 Å². The van der Waals surface area contributed by atoms with E-state index in [1.165, 1.54) is 30.2 Å². The summed E-state index contributed by atoms with van der Waals surface area (Å²) in [6.45, 7) is 9.02. The fourth-order valence-corrected chi connectivity index (χ4v) is 5.35. The molecule has 1 aromatic carbocycles. The van der Waals surface area contributed by atoms with Crippen molar-refractivity contribution in [3.63, 3.8) is 0 Å². The Labute approximate surface area is 140 Å². The Balaban J connectivity index is 2.06. The molecule has 1 saturated carbocycles. The topological polar surface area (TPSA) is 26.3 Å². The van der Waals surface area contributed by atoms with Crippen LogP contribution in [0.3, 0.4) is 0 Å². The van der Waals surface area contributed by atoms with Gasteiger partial charge in [-0.25, -0.2) is 0 Å². The number of hydrogen-bond acceptors (Lipinski definition) is 2. The summed E-state index contributed by atoms with van der Waals surface area (Å²) < 4.78 is 5.19. The Morgan fingerprint density at radius 2 is 2.00 bits per heavy atom. The third kappa shape index (κ3) is 2.42. The van der Waals surface area contributed by atoms with Crippen LogP contribution in [0.1, 0.15) is 76.0 Å². The van der Waals surface area contributed by atoms with E-state index in [-0.39, 0.29) is 16.8 Å². The average molecular weight is 314 g/mol. The molecule has 2 aliphatic rings. The second-order valence-corrected chi connectivity index (χ2v) is 8.34. The van der Waals surface area contributed by atoms with Gasteiger partial charge in [0.1, 0.15) is 0 Å². The van der Waals surface area contributed by atoms with Gasteiger partial charge < -0.3 is 4.74 Å². The molecule has 0 spiro atoms. The van der Waals surface area contributed by atoms with E-state index in [0.29, 0.717) is 11.8 Å². The highest BCUT2D eigenvalue weighted by molar-refractivity contribution is 5.77. The Morgan fingerprint density at radius 3 is 2.65 bits per heavy atom. The molecule has 1 aromatic rings. The fraction of sp³-hybridized carbons (Fsp3) is 0.667. The molecule has 2 aliphatic carbocycles. The zero-order valence-electron chi connectivity index (χ0n) is 15.2. The predicted octanol–water partition coefficient (Wildman–Crippen LogP) is 4.99. The number of carbonyl (C=O) groups excluding carboxylic acids is 1. The van der Waals surface area contributed by atoms with Crippen LogP contribution in [-0.2, 0) is 21.4 Å². The maximum atomic E-state index is 12.5. The van der Waals surface area contributed by atoms with Gasteiger partial charge in [0.2, 0.25) is 0 Å². The van der Waals surface area contributed by atoms with Crippen molar-refractivity contribution in [2.24, 2.45) is 11.3 Å². The predicted molar refractivity (Wildman–Crippen MR) is 93.7 cm³/mol. The molecular formula is C21H30O2. The van der Waals surface area contributed by atoms with Crippen molar-refractivity contribution < 1.29 is 9.53 Å². The highest BCUT2D eigenvalue weighted by Gasteiger charge is 2.55. The summed E-state index contributed by atoms with van der Waals surface area (Å²) in [6, 6.07) is 7.05. The SMILES string of the molecule is COC(=O)[C@@]1(C)CCC[C@@]2(C)c3ccc(C(C)C)cc3CC[C@@H]21. The third-order valence-electron chi connectivity index (χ3n) is 6.70. The molecule has 0 aliphatic heterocycles. The van der Waals surface area contributed by atoms with Gasteiger partial charge in [0.25, 0.3) is 0 Å². The molecule has 0 radical (unpaired) electrons. The van der Waals surface area contributed by atoms with Crippen LogP contribution in [0, 0.1) is 11.3 Å². The largest absolute Gasteiger partial charge is 0.469 e. The summed E-state index contributed by atoms with van der Waals surface area (Å²) in [7, 11) is 1.53. The molecule has 1 fully saturated rings. The van der Waals surface area contributed by atoms with Gasteiger partial charge in [-0.2, -0.15) is 0 Å². The molecule has 0 unspecified atom stereocenters. The minimum Gasteiger partial charge on any atom is -0.469 e. The van der Waals surface area contributed by atoms with E-state index < -0.39 is 0 Å². The minimum absolute atomic E-state index is 0.0179. The van der Waals surface area contributed by atoms with E-state index in [4.69, 9.17) is 4.74 Å². The normalized spacial score (nSPS) is 33.0. The number of ether oxygens (including phenoxy) is 1. The third-order valence-corrected chi connectivity index (χ3v) is 6.70. The molecule has 23 heavy (non-hydrogen) atoms. The number of aryl methyl sites for hydroxylation is 1. The number of fused-ring (bicyclic) bond motifs is 3. The van der Waals surface area contributed by atoms with Crippen LogP contribution in [-0.4, -0.2) is 13.1 Å². The molecule has 2 nitrogen and oxygen atoms in total. The van der Waals surface area contributed by atoms with E-state index in [0.717, 1.165) is 25.7 Å². The maximum absolute atomic E-state index is 12.5. The van der Waals surface area contributed by atoms with Gasteiger partial charge in [0.05, 0.1) is 12.5 Å². The van der Waals surface area contributed by atoms with Crippen molar-refractivity contribution >= 4 is 5.97 Å². The molecule has 126 valence electrons. The van der Waals surface area contributed by atoms with Crippen molar-refractivity contribution in [2.75, 3.05) is 7.11 Å². The van der Waals surface area contributed by atoms with E-state index in [9.17, 15) is 4.79 Å². The summed E-state index contributed by atoms with van der Waals surface area (Å²) in [6.07, 6.45) is 5.42. The van der Waals surface area contributed by atoms with Crippen molar-refractivity contribution in [2.45, 2.75) is 71.1 Å². The number of benzene rings is 1. The number of esters is 1. The van der Waals surface area contributed by atoms with Crippen LogP contribution in [0.5, 0.6) is 0 Å². The van der Waals surface area contributed by atoms with Gasteiger partial charge >= 0.3 is 5.97 Å². The molecule has 0 heterocycles. The highest BCUT2D eigenvalue weighted by Crippen LogP contribution is 2.57. The lowest BCUT2D eigenvalue weighted by atomic mass is 9.49. The zero-order valence-corrected chi connectivity index (χ0v) is 15.2. The first-order valence-electron chi connectivity index (χ1n) is 9.04. The summed E-state index contributed by atoms with van der Waals surface area (Å²) in [5.74, 6) is 0.932. The first-order chi connectivity index (χ1) is 10.8. The lowest BCUT2D eigenvalue weighted by Crippen LogP contribution is -2.52. The van der Waals surface area contributed by atoms with Crippen LogP contribution >= 0.6 is 0 Å². The van der Waals surface area contributed by atoms with Gasteiger partial charge in [-0.3, -0.25) is 4.79 Å². The van der Waals surface area contributed by atoms with E-state index in [1.54, 1.807) is 0 Å². The zero-order chi connectivity index (χ0) is 16.8. The summed E-state index contributed by atoms with van der Waals surface area (Å²) in [4.78, 5) is 12.5. The number of methoxy groups -OCH3 is 1. The Kier molecular flexibility index (Phi) is 4.06. The van der Waals surface area contributed by atoms with Crippen molar-refractivity contribution in [1.82, 2.24) is 0 Å². The lowest BCUT2D eigenvalue weighted by molar-refractivity contribution is -0.161. The summed E-state index contributed by atoms with van der Waals surface area (Å²) in [5, 5.41) is 0. The highest BCUT2D eigenvalue weighted by atomic mass is 16.5. The van der Waals surface area contributed by atoms with E-state index in [1.807, 2.05) is 0 Å². The first kappa shape index (κ1) is 16.5. The van der Waals surface area contributed by atoms with Gasteiger partial charge in [-0.1, -0.05) is 45.4 Å². The quantitative estimate of drug-likeness (QED) is 0.719. The molecular weight excluding hydrogens is 284 g/mol. The Hall–Kier alpha value is -1.31. The van der Waals surface area contributed by atoms with E-state index in [2.05, 4.69) is 45.9 Å². The average Bonchev–Trinajstić information content (AvgIpc) is 2.53. The lowest BCUT2D eigenvalue weighted by Gasteiger charge is -2.54. The summed E-state index contributed by atoms with van der Waals surface area (Å²) in [5.41, 5.74) is 4.18. The molecule has 2 heteroatoms. The monoisotopic (exact) mass is 314 g/mol. The molecule has 0 amide bonds. The second kappa shape index (κ2) is 5.65. The molecule has 0 N–H and O–H groups in total. The summed E-state index contributed by atoms with van der Waals surface area (Å²) >= 11 is 0. The van der Waals surface area contributed by atoms with Crippen LogP contribution in [0.2, 0.25) is 0 Å². The molecule has 0 saturated heterocycles. The first-order valence-corrected chi connectivity index (χ1v) is 9.04. The molecule has 3 atom stereocenters. The van der Waals surface area contributed by atoms with Gasteiger partial charge in [0.15, 0.2) is 0 Å². The van der Waals surface area contributed by atoms with Gasteiger partial charge in [-0.05, 0) is 66.5 Å². The van der Waals surface area contributed by atoms with Gasteiger partial charge in [0, 0.05) is 0 Å². The van der Waals surface area contributed by atoms with Gasteiger partial charge in [-0.15, -0.1) is 0 Å². The Morgan fingerprint density at radius 1 is 1.26 bits per heavy atom. The van der Waals surface area contributed by atoms with Crippen molar-refractivity contribution in [3.8, 4) is 0 Å². The van der Waals surface area contributed by atoms with Crippen molar-refractivity contribution in [3.05, 3.63) is 34.9 Å². The van der Waals surface area contributed by atoms with Crippen molar-refractivity contribution in [1.29, 1.82) is 0 Å². The maximum Gasteiger partial charge on any atom is 0.311 e. The molecule has 0 aromatic heterocycles. The number of hydrogen-bond donors (Lipinski definition) is 0. The minimum atomic E-state index is -0.337. The Bertz CT molecular complexity index is 618. The van der Waals surface area contributed by atoms with Crippen LogP contribution < -0.4 is 0 Å². The standard InChI is InChI=1S/C21H30O2/c1-14(2)15-7-9-17-16(13-15)8-10-18-20(17,3)11-6-12-21(18,4)19(22)23-5/h7,9,13-14,18H,6,8,10-12H2,1-5H3/t18-,20-,21-/m0/s1. The van der Waals surface area contributed by atoms with Crippen LogP contribution in [0.15, 0.2) is 18.2 Å². The second-order valence-electron chi connectivity index (χ2n) is 8.34. The van der Waals surface area contributed by atoms with Crippen LogP contribution in [0.25, 0.3) is 0 Å².